The SMILES string of the molecule is Cc1nc(C)c(CC(=O)N2C[C@@H]3CC[C@H]2CN(S(C)(=O)=O)C3)s1. The molecular formula is C15H23N3O3S2. The Balaban J connectivity index is 1.76. The van der Waals surface area contributed by atoms with Gasteiger partial charge < -0.3 is 4.90 Å². The Hall–Kier alpha value is -0.990. The lowest BCUT2D eigenvalue weighted by molar-refractivity contribution is -0.134. The molecule has 1 amide bonds. The van der Waals surface area contributed by atoms with Gasteiger partial charge in [-0.1, -0.05) is 0 Å². The molecule has 4 heterocycles. The fourth-order valence-corrected chi connectivity index (χ4v) is 5.44. The van der Waals surface area contributed by atoms with Crippen LogP contribution < -0.4 is 0 Å². The van der Waals surface area contributed by atoms with Crippen molar-refractivity contribution in [2.24, 2.45) is 5.92 Å². The van der Waals surface area contributed by atoms with Crippen LogP contribution in [0.1, 0.15) is 28.4 Å². The maximum atomic E-state index is 12.8. The highest BCUT2D eigenvalue weighted by Gasteiger charge is 2.39. The number of thiazole rings is 1. The number of aromatic nitrogens is 1. The van der Waals surface area contributed by atoms with Gasteiger partial charge in [0, 0.05) is 30.6 Å². The molecule has 1 aromatic rings. The van der Waals surface area contributed by atoms with Crippen molar-refractivity contribution in [3.8, 4) is 0 Å². The van der Waals surface area contributed by atoms with Crippen LogP contribution in [0.2, 0.25) is 0 Å². The number of hydrogen-bond donors (Lipinski definition) is 0. The molecule has 3 saturated heterocycles. The second-order valence-corrected chi connectivity index (χ2v) is 9.91. The Labute approximate surface area is 141 Å². The Morgan fingerprint density at radius 1 is 1.26 bits per heavy atom. The molecule has 1 aromatic heterocycles. The lowest BCUT2D eigenvalue weighted by Gasteiger charge is -2.36. The summed E-state index contributed by atoms with van der Waals surface area (Å²) in [5, 5.41) is 0.978. The number of piperidine rings is 1. The molecule has 0 aliphatic carbocycles. The minimum atomic E-state index is -3.20. The summed E-state index contributed by atoms with van der Waals surface area (Å²) in [5.74, 6) is 0.346. The first-order valence-electron chi connectivity index (χ1n) is 7.91. The van der Waals surface area contributed by atoms with Crippen LogP contribution >= 0.6 is 11.3 Å². The second kappa shape index (κ2) is 6.14. The van der Waals surface area contributed by atoms with Gasteiger partial charge in [0.05, 0.1) is 23.4 Å². The van der Waals surface area contributed by atoms with Crippen molar-refractivity contribution in [1.82, 2.24) is 14.2 Å². The van der Waals surface area contributed by atoms with Crippen molar-refractivity contribution in [3.63, 3.8) is 0 Å². The van der Waals surface area contributed by atoms with E-state index in [4.69, 9.17) is 0 Å². The smallest absolute Gasteiger partial charge is 0.228 e. The van der Waals surface area contributed by atoms with Crippen LogP contribution in [-0.4, -0.2) is 60.4 Å². The van der Waals surface area contributed by atoms with E-state index < -0.39 is 10.0 Å². The fourth-order valence-electron chi connectivity index (χ4n) is 3.59. The molecule has 8 heteroatoms. The van der Waals surface area contributed by atoms with Gasteiger partial charge >= 0.3 is 0 Å². The number of hydrogen-bond acceptors (Lipinski definition) is 5. The summed E-state index contributed by atoms with van der Waals surface area (Å²) in [5.41, 5.74) is 0.929. The third kappa shape index (κ3) is 3.59. The van der Waals surface area contributed by atoms with E-state index in [1.165, 1.54) is 6.26 Å². The first kappa shape index (κ1) is 16.9. The lowest BCUT2D eigenvalue weighted by Crippen LogP contribution is -2.48. The van der Waals surface area contributed by atoms with Crippen molar-refractivity contribution in [3.05, 3.63) is 15.6 Å². The topological polar surface area (TPSA) is 70.6 Å². The molecule has 0 unspecified atom stereocenters. The molecule has 3 aliphatic heterocycles. The van der Waals surface area contributed by atoms with E-state index in [9.17, 15) is 13.2 Å². The van der Waals surface area contributed by atoms with E-state index in [1.54, 1.807) is 15.6 Å². The molecule has 4 rings (SSSR count). The molecule has 3 fully saturated rings. The minimum absolute atomic E-state index is 0.00491. The fraction of sp³-hybridized carbons (Fsp3) is 0.733. The van der Waals surface area contributed by atoms with Crippen molar-refractivity contribution in [1.29, 1.82) is 0 Å². The number of sulfonamides is 1. The summed E-state index contributed by atoms with van der Waals surface area (Å²) in [6.07, 6.45) is 3.52. The Morgan fingerprint density at radius 3 is 2.61 bits per heavy atom. The summed E-state index contributed by atoms with van der Waals surface area (Å²) in [4.78, 5) is 20.1. The van der Waals surface area contributed by atoms with Crippen LogP contribution in [0.3, 0.4) is 0 Å². The van der Waals surface area contributed by atoms with Crippen LogP contribution in [0.15, 0.2) is 0 Å². The van der Waals surface area contributed by atoms with Gasteiger partial charge in [-0.25, -0.2) is 13.4 Å². The van der Waals surface area contributed by atoms with Gasteiger partial charge in [0.1, 0.15) is 0 Å². The number of aryl methyl sites for hydroxylation is 2. The molecule has 2 atom stereocenters. The monoisotopic (exact) mass is 357 g/mol. The number of carbonyl (C=O) groups is 1. The quantitative estimate of drug-likeness (QED) is 0.815. The van der Waals surface area contributed by atoms with Crippen molar-refractivity contribution in [2.75, 3.05) is 25.9 Å². The van der Waals surface area contributed by atoms with E-state index in [2.05, 4.69) is 4.98 Å². The third-order valence-electron chi connectivity index (χ3n) is 4.78. The maximum absolute atomic E-state index is 12.8. The third-order valence-corrected chi connectivity index (χ3v) is 7.09. The van der Waals surface area contributed by atoms with E-state index in [-0.39, 0.29) is 17.9 Å². The van der Waals surface area contributed by atoms with E-state index in [0.717, 1.165) is 28.4 Å². The molecule has 0 spiro atoms. The van der Waals surface area contributed by atoms with Gasteiger partial charge in [0.25, 0.3) is 0 Å². The summed E-state index contributed by atoms with van der Waals surface area (Å²) in [6.45, 7) is 5.53. The van der Waals surface area contributed by atoms with Crippen molar-refractivity contribution in [2.45, 2.75) is 39.2 Å². The number of fused-ring (bicyclic) bond motifs is 4. The standard InChI is InChI=1S/C15H23N3O3S2/c1-10-14(22-11(2)16-10)6-15(19)18-8-12-4-5-13(18)9-17(7-12)23(3,20)21/h12-13H,4-9H2,1-3H3/t12-,13+/m1/s1. The zero-order valence-corrected chi connectivity index (χ0v) is 15.4. The molecule has 2 bridgehead atoms. The average Bonchev–Trinajstić information content (AvgIpc) is 2.67. The molecule has 128 valence electrons. The normalized spacial score (nSPS) is 25.6. The molecule has 0 saturated carbocycles. The first-order chi connectivity index (χ1) is 10.7. The molecule has 0 radical (unpaired) electrons. The Kier molecular flexibility index (Phi) is 4.50. The van der Waals surface area contributed by atoms with Crippen LogP contribution in [-0.2, 0) is 21.2 Å². The van der Waals surface area contributed by atoms with Crippen LogP contribution in [0.5, 0.6) is 0 Å². The van der Waals surface area contributed by atoms with Gasteiger partial charge in [-0.15, -0.1) is 11.3 Å². The van der Waals surface area contributed by atoms with E-state index >= 15 is 0 Å². The molecule has 6 nitrogen and oxygen atoms in total. The highest BCUT2D eigenvalue weighted by molar-refractivity contribution is 7.88. The van der Waals surface area contributed by atoms with Gasteiger partial charge in [-0.3, -0.25) is 4.79 Å². The zero-order chi connectivity index (χ0) is 16.8. The summed E-state index contributed by atoms with van der Waals surface area (Å²) < 4.78 is 25.3. The number of amides is 1. The predicted octanol–water partition coefficient (Wildman–Crippen LogP) is 1.18. The molecule has 23 heavy (non-hydrogen) atoms. The minimum Gasteiger partial charge on any atom is -0.338 e. The Bertz CT molecular complexity index is 714. The van der Waals surface area contributed by atoms with Crippen LogP contribution in [0.4, 0.5) is 0 Å². The van der Waals surface area contributed by atoms with Gasteiger partial charge in [-0.05, 0) is 32.6 Å². The second-order valence-electron chi connectivity index (χ2n) is 6.64. The first-order valence-corrected chi connectivity index (χ1v) is 10.6. The molecule has 0 N–H and O–H groups in total. The Morgan fingerprint density at radius 2 is 2.00 bits per heavy atom. The lowest BCUT2D eigenvalue weighted by atomic mass is 9.94. The highest BCUT2D eigenvalue weighted by Crippen LogP contribution is 2.30. The predicted molar refractivity (Wildman–Crippen MR) is 89.9 cm³/mol. The zero-order valence-electron chi connectivity index (χ0n) is 13.8. The van der Waals surface area contributed by atoms with Gasteiger partial charge in [0.2, 0.25) is 15.9 Å². The number of carbonyl (C=O) groups excluding carboxylic acids is 1. The van der Waals surface area contributed by atoms with Crippen molar-refractivity contribution < 1.29 is 13.2 Å². The van der Waals surface area contributed by atoms with Gasteiger partial charge in [-0.2, -0.15) is 4.31 Å². The van der Waals surface area contributed by atoms with Crippen LogP contribution in [0, 0.1) is 19.8 Å². The van der Waals surface area contributed by atoms with Crippen LogP contribution in [0.25, 0.3) is 0 Å². The van der Waals surface area contributed by atoms with Gasteiger partial charge in [0.15, 0.2) is 0 Å². The largest absolute Gasteiger partial charge is 0.338 e. The average molecular weight is 358 g/mol. The summed E-state index contributed by atoms with van der Waals surface area (Å²) in [7, 11) is -3.20. The molecule has 0 aromatic carbocycles. The summed E-state index contributed by atoms with van der Waals surface area (Å²) >= 11 is 1.57. The molecular weight excluding hydrogens is 334 g/mol. The molecule has 3 aliphatic rings. The maximum Gasteiger partial charge on any atom is 0.228 e. The number of rotatable bonds is 3. The summed E-state index contributed by atoms with van der Waals surface area (Å²) in [6, 6.07) is 0.00491. The number of nitrogens with zero attached hydrogens (tertiary/aromatic N) is 3. The highest BCUT2D eigenvalue weighted by atomic mass is 32.2. The van der Waals surface area contributed by atoms with Crippen molar-refractivity contribution >= 4 is 27.3 Å². The van der Waals surface area contributed by atoms with E-state index in [1.807, 2.05) is 18.7 Å². The van der Waals surface area contributed by atoms with E-state index in [0.29, 0.717) is 26.1 Å².